The second-order valence-electron chi connectivity index (χ2n) is 18.2. The number of carbonyl (C=O) groups excluding carboxylic acids is 2. The van der Waals surface area contributed by atoms with Crippen LogP contribution < -0.4 is 10.2 Å². The van der Waals surface area contributed by atoms with Crippen molar-refractivity contribution >= 4 is 35.0 Å². The molecule has 240 valence electrons. The molecule has 4 nitrogen and oxygen atoms in total. The fourth-order valence-electron chi connectivity index (χ4n) is 6.71. The Labute approximate surface area is 273 Å². The standard InChI is InChI=1S/2C18H36O2.Mg/c2*1-13(11-17(3,4)5)9-10-15(16(19)20)14(2)12-18(6,7)8;/h2*13-15H,9-12H2,1-8H3,(H,19,20);/q;;+2/p-2. The first kappa shape index (κ1) is 45.1. The molecule has 0 N–H and O–H groups in total. The minimum Gasteiger partial charge on any atom is -0.550 e. The van der Waals surface area contributed by atoms with E-state index in [1.165, 1.54) is 0 Å². The maximum Gasteiger partial charge on any atom is 2.00 e. The fourth-order valence-corrected chi connectivity index (χ4v) is 6.71. The van der Waals surface area contributed by atoms with Gasteiger partial charge in [0, 0.05) is 23.8 Å². The van der Waals surface area contributed by atoms with Crippen LogP contribution in [0.5, 0.6) is 0 Å². The van der Waals surface area contributed by atoms with Crippen LogP contribution in [-0.2, 0) is 9.59 Å². The van der Waals surface area contributed by atoms with Crippen LogP contribution in [0.2, 0.25) is 0 Å². The maximum atomic E-state index is 11.4. The first-order valence-corrected chi connectivity index (χ1v) is 16.1. The Morgan fingerprint density at radius 1 is 0.463 bits per heavy atom. The van der Waals surface area contributed by atoms with Crippen LogP contribution >= 0.6 is 0 Å². The second-order valence-corrected chi connectivity index (χ2v) is 18.2. The summed E-state index contributed by atoms with van der Waals surface area (Å²) < 4.78 is 0. The van der Waals surface area contributed by atoms with E-state index >= 15 is 0 Å². The summed E-state index contributed by atoms with van der Waals surface area (Å²) in [5.74, 6) is -0.858. The van der Waals surface area contributed by atoms with Crippen LogP contribution in [0.25, 0.3) is 0 Å². The van der Waals surface area contributed by atoms with E-state index in [9.17, 15) is 19.8 Å². The van der Waals surface area contributed by atoms with Gasteiger partial charge in [0.05, 0.1) is 0 Å². The molecule has 0 saturated heterocycles. The van der Waals surface area contributed by atoms with Crippen molar-refractivity contribution in [3.8, 4) is 0 Å². The van der Waals surface area contributed by atoms with E-state index in [0.29, 0.717) is 22.7 Å². The SMILES string of the molecule is CC(CCC(C(=O)[O-])C(C)CC(C)(C)C)CC(C)(C)C.CC(CCC(C(=O)[O-])C(C)CC(C)(C)C)CC(C)(C)C.[Mg+2]. The Bertz CT molecular complexity index is 656. The molecule has 0 fully saturated rings. The average molecular weight is 591 g/mol. The Hall–Kier alpha value is -0.294. The molecule has 0 aromatic carbocycles. The van der Waals surface area contributed by atoms with E-state index in [1.54, 1.807) is 0 Å². The second kappa shape index (κ2) is 19.2. The zero-order valence-electron chi connectivity index (χ0n) is 30.5. The summed E-state index contributed by atoms with van der Waals surface area (Å²) in [6, 6.07) is 0. The molecule has 6 atom stereocenters. The van der Waals surface area contributed by atoms with Crippen molar-refractivity contribution in [3.63, 3.8) is 0 Å². The molecule has 41 heavy (non-hydrogen) atoms. The van der Waals surface area contributed by atoms with Gasteiger partial charge in [-0.3, -0.25) is 0 Å². The third kappa shape index (κ3) is 27.0. The largest absolute Gasteiger partial charge is 2.00 e. The Morgan fingerprint density at radius 3 is 0.854 bits per heavy atom. The summed E-state index contributed by atoms with van der Waals surface area (Å²) in [7, 11) is 0. The maximum absolute atomic E-state index is 11.4. The van der Waals surface area contributed by atoms with Crippen LogP contribution in [0.1, 0.15) is 162 Å². The quantitative estimate of drug-likeness (QED) is 0.191. The molecule has 0 heterocycles. The van der Waals surface area contributed by atoms with E-state index in [1.807, 2.05) is 0 Å². The molecule has 0 aromatic rings. The van der Waals surface area contributed by atoms with Gasteiger partial charge in [-0.2, -0.15) is 0 Å². The van der Waals surface area contributed by atoms with E-state index in [-0.39, 0.29) is 57.6 Å². The number of hydrogen-bond donors (Lipinski definition) is 0. The number of carboxylic acid groups (broad SMARTS) is 2. The summed E-state index contributed by atoms with van der Waals surface area (Å²) >= 11 is 0. The summed E-state index contributed by atoms with van der Waals surface area (Å²) in [6.07, 6.45) is 7.59. The van der Waals surface area contributed by atoms with Gasteiger partial charge in [0.15, 0.2) is 0 Å². The van der Waals surface area contributed by atoms with Crippen LogP contribution in [0.3, 0.4) is 0 Å². The van der Waals surface area contributed by atoms with Crippen molar-refractivity contribution in [1.29, 1.82) is 0 Å². The summed E-state index contributed by atoms with van der Waals surface area (Å²) in [6.45, 7) is 35.0. The molecule has 0 aliphatic carbocycles. The first-order chi connectivity index (χ1) is 17.6. The van der Waals surface area contributed by atoms with Gasteiger partial charge in [-0.15, -0.1) is 0 Å². The molecule has 0 aliphatic heterocycles. The zero-order chi connectivity index (χ0) is 32.3. The summed E-state index contributed by atoms with van der Waals surface area (Å²) in [5, 5.41) is 22.8. The molecule has 6 unspecified atom stereocenters. The number of carboxylic acids is 2. The van der Waals surface area contributed by atoms with Crippen LogP contribution in [0, 0.1) is 57.2 Å². The molecule has 5 heteroatoms. The predicted octanol–water partition coefficient (Wildman–Crippen LogP) is 8.17. The monoisotopic (exact) mass is 591 g/mol. The molecular formula is C36H70MgO4. The van der Waals surface area contributed by atoms with E-state index in [0.717, 1.165) is 51.4 Å². The Balaban J connectivity index is -0.000000688. The van der Waals surface area contributed by atoms with Gasteiger partial charge < -0.3 is 19.8 Å². The van der Waals surface area contributed by atoms with Crippen molar-refractivity contribution in [2.24, 2.45) is 57.2 Å². The van der Waals surface area contributed by atoms with Crippen LogP contribution in [-0.4, -0.2) is 35.0 Å². The van der Waals surface area contributed by atoms with Crippen molar-refractivity contribution < 1.29 is 19.8 Å². The van der Waals surface area contributed by atoms with Gasteiger partial charge in [-0.25, -0.2) is 0 Å². The van der Waals surface area contributed by atoms with E-state index < -0.39 is 11.9 Å². The number of carbonyl (C=O) groups is 2. The molecule has 0 spiro atoms. The minimum atomic E-state index is -0.871. The molecule has 0 rings (SSSR count). The third-order valence-electron chi connectivity index (χ3n) is 7.71. The third-order valence-corrected chi connectivity index (χ3v) is 7.71. The molecule has 0 saturated carbocycles. The normalized spacial score (nSPS) is 17.2. The average Bonchev–Trinajstić information content (AvgIpc) is 2.62. The number of aliphatic carboxylic acids is 2. The van der Waals surface area contributed by atoms with Gasteiger partial charge in [0.2, 0.25) is 0 Å². The van der Waals surface area contributed by atoms with E-state index in [4.69, 9.17) is 0 Å². The summed E-state index contributed by atoms with van der Waals surface area (Å²) in [5.41, 5.74) is 0.967. The number of hydrogen-bond acceptors (Lipinski definition) is 4. The minimum absolute atomic E-state index is 0. The Morgan fingerprint density at radius 2 is 0.683 bits per heavy atom. The molecule has 0 aliphatic rings. The van der Waals surface area contributed by atoms with Gasteiger partial charge >= 0.3 is 23.1 Å². The molecule has 0 amide bonds. The van der Waals surface area contributed by atoms with Gasteiger partial charge in [0.1, 0.15) is 0 Å². The number of rotatable bonds is 14. The van der Waals surface area contributed by atoms with Crippen LogP contribution in [0.15, 0.2) is 0 Å². The topological polar surface area (TPSA) is 80.3 Å². The van der Waals surface area contributed by atoms with Gasteiger partial charge in [-0.05, 0) is 83.9 Å². The van der Waals surface area contributed by atoms with Crippen molar-refractivity contribution in [2.75, 3.05) is 0 Å². The van der Waals surface area contributed by atoms with Gasteiger partial charge in [0.25, 0.3) is 0 Å². The van der Waals surface area contributed by atoms with Crippen LogP contribution in [0.4, 0.5) is 0 Å². The molecule has 0 radical (unpaired) electrons. The van der Waals surface area contributed by atoms with Crippen molar-refractivity contribution in [1.82, 2.24) is 0 Å². The first-order valence-electron chi connectivity index (χ1n) is 16.1. The smallest absolute Gasteiger partial charge is 0.550 e. The van der Waals surface area contributed by atoms with Gasteiger partial charge in [-0.1, -0.05) is 124 Å². The molecular weight excluding hydrogens is 521 g/mol. The fraction of sp³-hybridized carbons (Fsp3) is 0.944. The molecule has 0 bridgehead atoms. The predicted molar refractivity (Wildman–Crippen MR) is 174 cm³/mol. The molecule has 0 aromatic heterocycles. The van der Waals surface area contributed by atoms with Crippen molar-refractivity contribution in [3.05, 3.63) is 0 Å². The Kier molecular flexibility index (Phi) is 21.1. The summed E-state index contributed by atoms with van der Waals surface area (Å²) in [4.78, 5) is 22.8. The van der Waals surface area contributed by atoms with E-state index in [2.05, 4.69) is 111 Å². The zero-order valence-corrected chi connectivity index (χ0v) is 31.9. The van der Waals surface area contributed by atoms with Crippen molar-refractivity contribution in [2.45, 2.75) is 162 Å².